The van der Waals surface area contributed by atoms with Crippen molar-refractivity contribution in [1.82, 2.24) is 9.97 Å². The van der Waals surface area contributed by atoms with Gasteiger partial charge >= 0.3 is 0 Å². The molecule has 0 N–H and O–H groups in total. The second-order valence-corrected chi connectivity index (χ2v) is 19.4. The number of hydrogen-bond acceptors (Lipinski definition) is 2. The number of aromatic nitrogens is 2. The van der Waals surface area contributed by atoms with Crippen molar-refractivity contribution < 1.29 is 0 Å². The summed E-state index contributed by atoms with van der Waals surface area (Å²) in [5, 5.41) is 9.77. The number of rotatable bonds is 9. The largest absolute Gasteiger partial charge is 0.255 e. The van der Waals surface area contributed by atoms with Gasteiger partial charge in [0.15, 0.2) is 0 Å². The number of hydrogen-bond donors (Lipinski definition) is 0. The zero-order valence-corrected chi connectivity index (χ0v) is 41.6. The minimum atomic E-state index is 0.810. The van der Waals surface area contributed by atoms with Crippen molar-refractivity contribution in [1.29, 1.82) is 0 Å². The molecule has 354 valence electrons. The molecule has 0 fully saturated rings. The molecule has 76 heavy (non-hydrogen) atoms. The summed E-state index contributed by atoms with van der Waals surface area (Å²) in [4.78, 5) is 10.5. The second kappa shape index (κ2) is 19.1. The summed E-state index contributed by atoms with van der Waals surface area (Å²) >= 11 is 0. The van der Waals surface area contributed by atoms with Gasteiger partial charge in [-0.05, 0) is 140 Å². The third-order valence-electron chi connectivity index (χ3n) is 15.2. The molecule has 2 heteroatoms. The maximum atomic E-state index is 5.70. The van der Waals surface area contributed by atoms with Crippen molar-refractivity contribution >= 4 is 43.1 Å². The smallest absolute Gasteiger partial charge is 0.0894 e. The standard InChI is InChI=1S/C74H48N2/c1-3-25-49(26-4-1)70-58-36-14-18-40-62(58)72(63-41-19-15-37-59(63)70)56-34-12-9-30-52(56)51-29-7-8-32-54(51)67-46-47-69(68-45-23-24-48-75-68)76-74(67)66-44-22-11-33-55(66)53-31-10-13-35-57(53)73-64-42-20-16-38-60(64)71(50-27-5-2-6-28-50)61-39-17-21-43-65(61)73/h1-48H. The van der Waals surface area contributed by atoms with Gasteiger partial charge in [0.25, 0.3) is 0 Å². The summed E-state index contributed by atoms with van der Waals surface area (Å²) in [6, 6.07) is 103. The zero-order chi connectivity index (χ0) is 50.4. The first-order chi connectivity index (χ1) is 37.8. The first-order valence-electron chi connectivity index (χ1n) is 26.1. The Morgan fingerprint density at radius 1 is 0.184 bits per heavy atom. The Bertz CT molecular complexity index is 4390. The highest BCUT2D eigenvalue weighted by Crippen LogP contribution is 2.51. The summed E-state index contributed by atoms with van der Waals surface area (Å²) in [6.45, 7) is 0. The average molecular weight is 965 g/mol. The van der Waals surface area contributed by atoms with Crippen LogP contribution >= 0.6 is 0 Å². The molecule has 0 amide bonds. The van der Waals surface area contributed by atoms with Crippen LogP contribution in [0.5, 0.6) is 0 Å². The zero-order valence-electron chi connectivity index (χ0n) is 41.6. The fraction of sp³-hybridized carbons (Fsp3) is 0. The van der Waals surface area contributed by atoms with E-state index in [1.165, 1.54) is 82.0 Å². The fourth-order valence-electron chi connectivity index (χ4n) is 12.0. The molecule has 0 aliphatic rings. The van der Waals surface area contributed by atoms with Gasteiger partial charge in [-0.15, -0.1) is 0 Å². The summed E-state index contributed by atoms with van der Waals surface area (Å²) < 4.78 is 0. The van der Waals surface area contributed by atoms with Crippen LogP contribution in [0.15, 0.2) is 291 Å². The van der Waals surface area contributed by atoms with E-state index in [0.29, 0.717) is 0 Å². The molecule has 12 aromatic carbocycles. The Labute approximate surface area is 442 Å². The first kappa shape index (κ1) is 44.7. The van der Waals surface area contributed by atoms with Crippen LogP contribution in [0, 0.1) is 0 Å². The summed E-state index contributed by atoms with van der Waals surface area (Å²) in [5.41, 5.74) is 19.9. The molecule has 2 nitrogen and oxygen atoms in total. The Hall–Kier alpha value is -10.0. The Morgan fingerprint density at radius 3 is 0.882 bits per heavy atom. The summed E-state index contributed by atoms with van der Waals surface area (Å²) in [7, 11) is 0. The maximum Gasteiger partial charge on any atom is 0.0894 e. The molecular weight excluding hydrogens is 917 g/mol. The highest BCUT2D eigenvalue weighted by molar-refractivity contribution is 6.24. The van der Waals surface area contributed by atoms with Crippen molar-refractivity contribution in [2.24, 2.45) is 0 Å². The van der Waals surface area contributed by atoms with Crippen LogP contribution in [-0.2, 0) is 0 Å². The average Bonchev–Trinajstić information content (AvgIpc) is 3.52. The van der Waals surface area contributed by atoms with Crippen LogP contribution in [-0.4, -0.2) is 9.97 Å². The van der Waals surface area contributed by atoms with Gasteiger partial charge in [-0.25, -0.2) is 4.98 Å². The van der Waals surface area contributed by atoms with Crippen molar-refractivity contribution in [2.75, 3.05) is 0 Å². The Balaban J connectivity index is 1.00. The highest BCUT2D eigenvalue weighted by Gasteiger charge is 2.25. The molecular formula is C74H48N2. The van der Waals surface area contributed by atoms with Gasteiger partial charge in [-0.2, -0.15) is 0 Å². The molecule has 0 spiro atoms. The number of benzene rings is 12. The SMILES string of the molecule is c1ccc(-c2c3ccccc3c(-c3ccccc3-c3ccccc3-c3ccc(-c4ccccn4)nc3-c3ccccc3-c3ccccc3-c3c4ccccc4c(-c4ccccc4)c4ccccc34)c3ccccc23)cc1. The van der Waals surface area contributed by atoms with Gasteiger partial charge in [0.05, 0.1) is 17.1 Å². The number of pyridine rings is 2. The van der Waals surface area contributed by atoms with Gasteiger partial charge in [-0.3, -0.25) is 4.98 Å². The maximum absolute atomic E-state index is 5.70. The van der Waals surface area contributed by atoms with Gasteiger partial charge in [0.1, 0.15) is 0 Å². The predicted molar refractivity (Wildman–Crippen MR) is 321 cm³/mol. The van der Waals surface area contributed by atoms with Crippen molar-refractivity contribution in [3.8, 4) is 101 Å². The van der Waals surface area contributed by atoms with Crippen molar-refractivity contribution in [2.45, 2.75) is 0 Å². The van der Waals surface area contributed by atoms with Crippen LogP contribution in [0.4, 0.5) is 0 Å². The van der Waals surface area contributed by atoms with E-state index in [1.807, 2.05) is 24.4 Å². The molecule has 0 atom stereocenters. The van der Waals surface area contributed by atoms with Gasteiger partial charge < -0.3 is 0 Å². The van der Waals surface area contributed by atoms with Crippen molar-refractivity contribution in [3.05, 3.63) is 291 Å². The molecule has 0 aliphatic heterocycles. The van der Waals surface area contributed by atoms with Crippen LogP contribution in [0.25, 0.3) is 144 Å². The van der Waals surface area contributed by atoms with Crippen LogP contribution < -0.4 is 0 Å². The Morgan fingerprint density at radius 2 is 0.487 bits per heavy atom. The van der Waals surface area contributed by atoms with Crippen LogP contribution in [0.1, 0.15) is 0 Å². The lowest BCUT2D eigenvalue weighted by Crippen LogP contribution is -1.98. The van der Waals surface area contributed by atoms with E-state index < -0.39 is 0 Å². The number of nitrogens with zero attached hydrogens (tertiary/aromatic N) is 2. The molecule has 0 saturated heterocycles. The van der Waals surface area contributed by atoms with E-state index in [2.05, 4.69) is 267 Å². The molecule has 2 heterocycles. The molecule has 0 saturated carbocycles. The number of fused-ring (bicyclic) bond motifs is 4. The van der Waals surface area contributed by atoms with Gasteiger partial charge in [-0.1, -0.05) is 261 Å². The molecule has 2 aromatic heterocycles. The minimum absolute atomic E-state index is 0.810. The fourth-order valence-corrected chi connectivity index (χ4v) is 12.0. The second-order valence-electron chi connectivity index (χ2n) is 19.4. The third kappa shape index (κ3) is 7.58. The monoisotopic (exact) mass is 964 g/mol. The quantitative estimate of drug-likeness (QED) is 0.135. The topological polar surface area (TPSA) is 25.8 Å². The van der Waals surface area contributed by atoms with Gasteiger partial charge in [0, 0.05) is 17.3 Å². The van der Waals surface area contributed by atoms with Crippen molar-refractivity contribution in [3.63, 3.8) is 0 Å². The first-order valence-corrected chi connectivity index (χ1v) is 26.1. The molecule has 14 rings (SSSR count). The minimum Gasteiger partial charge on any atom is -0.255 e. The Kier molecular flexibility index (Phi) is 11.2. The normalized spacial score (nSPS) is 11.4. The van der Waals surface area contributed by atoms with Crippen LogP contribution in [0.3, 0.4) is 0 Å². The van der Waals surface area contributed by atoms with E-state index in [1.54, 1.807) is 0 Å². The third-order valence-corrected chi connectivity index (χ3v) is 15.2. The van der Waals surface area contributed by atoms with Crippen LogP contribution in [0.2, 0.25) is 0 Å². The molecule has 0 radical (unpaired) electrons. The van der Waals surface area contributed by atoms with E-state index in [0.717, 1.165) is 61.6 Å². The summed E-state index contributed by atoms with van der Waals surface area (Å²) in [5.74, 6) is 0. The predicted octanol–water partition coefficient (Wildman–Crippen LogP) is 20.1. The molecule has 0 unspecified atom stereocenters. The lowest BCUT2D eigenvalue weighted by Gasteiger charge is -2.22. The molecule has 0 bridgehead atoms. The van der Waals surface area contributed by atoms with E-state index >= 15 is 0 Å². The molecule has 0 aliphatic carbocycles. The highest BCUT2D eigenvalue weighted by atomic mass is 14.8. The van der Waals surface area contributed by atoms with E-state index in [9.17, 15) is 0 Å². The van der Waals surface area contributed by atoms with E-state index in [-0.39, 0.29) is 0 Å². The van der Waals surface area contributed by atoms with E-state index in [4.69, 9.17) is 9.97 Å². The lowest BCUT2D eigenvalue weighted by molar-refractivity contribution is 1.25. The summed E-state index contributed by atoms with van der Waals surface area (Å²) in [6.07, 6.45) is 1.85. The van der Waals surface area contributed by atoms with Gasteiger partial charge in [0.2, 0.25) is 0 Å². The molecule has 14 aromatic rings. The lowest BCUT2D eigenvalue weighted by atomic mass is 9.82.